The molecular formula is C48H76O17. The van der Waals surface area contributed by atoms with Crippen molar-refractivity contribution in [1.82, 2.24) is 0 Å². The molecule has 0 radical (unpaired) electrons. The SMILES string of the molecule is CC(=O)O[C@H]1[C@H](O[C@@H]2[C@@H](O)[C@H](C)O[C@@H](O[C@H]3[C@H](O[C@H]4CC[C@@]5(C)C(CC[C@]6(C)[C@@H]5CC=C5C7CC(C)(C)CC[C@]7(C(=O)O)CC[C@]56C)[C@]4(C)CO)OC[C@H](O)[C@@H]3O)[C@@H]2O)OC[C@@H](O)[C@@H]1O. The molecule has 5 aliphatic carbocycles. The maximum absolute atomic E-state index is 13.1. The van der Waals surface area contributed by atoms with E-state index in [2.05, 4.69) is 47.6 Å². The van der Waals surface area contributed by atoms with Gasteiger partial charge in [-0.25, -0.2) is 0 Å². The van der Waals surface area contributed by atoms with Crippen molar-refractivity contribution in [1.29, 1.82) is 0 Å². The molecule has 8 aliphatic rings. The van der Waals surface area contributed by atoms with E-state index in [4.69, 9.17) is 33.2 Å². The highest BCUT2D eigenvalue weighted by molar-refractivity contribution is 5.76. The average Bonchev–Trinajstić information content (AvgIpc) is 3.24. The number of esters is 1. The number of fused-ring (bicyclic) bond motifs is 7. The van der Waals surface area contributed by atoms with Gasteiger partial charge in [0.2, 0.25) is 0 Å². The van der Waals surface area contributed by atoms with Gasteiger partial charge in [0, 0.05) is 12.3 Å². The van der Waals surface area contributed by atoms with Crippen molar-refractivity contribution in [2.45, 2.75) is 206 Å². The standard InChI is InChI=1S/C48H76O17/c1-23-32(53)36(64-41-37(62-24(2)50)33(54)27(51)21-60-41)35(56)39(61-23)65-38-34(55)28(52)20-59-40(38)63-31-12-13-44(5)29(45(31,6)22-49)11-14-47(8)30(44)10-9-25-26-19-43(3,4)15-17-48(26,42(57)58)18-16-46(25,47)7/h9,23,26-41,49,51-56H,10-22H2,1-8H3,(H,57,58)/t23-,26?,27+,28-,29?,30+,31-,32-,33-,34-,35+,36+,37+,38+,39-,40-,41-,44-,45-,46+,47+,48-/m0/s1. The van der Waals surface area contributed by atoms with Crippen molar-refractivity contribution < 1.29 is 83.6 Å². The minimum Gasteiger partial charge on any atom is -0.481 e. The predicted molar refractivity (Wildman–Crippen MR) is 228 cm³/mol. The molecule has 2 unspecified atom stereocenters. The van der Waals surface area contributed by atoms with E-state index in [9.17, 15) is 50.4 Å². The number of ether oxygens (including phenoxy) is 7. The van der Waals surface area contributed by atoms with Crippen LogP contribution in [-0.4, -0.2) is 159 Å². The zero-order chi connectivity index (χ0) is 47.4. The molecule has 8 N–H and O–H groups in total. The molecule has 3 saturated heterocycles. The van der Waals surface area contributed by atoms with Crippen molar-refractivity contribution >= 4 is 11.9 Å². The molecule has 4 saturated carbocycles. The molecule has 22 atom stereocenters. The van der Waals surface area contributed by atoms with Crippen LogP contribution in [0, 0.1) is 50.2 Å². The molecule has 370 valence electrons. The summed E-state index contributed by atoms with van der Waals surface area (Å²) in [5.41, 5.74) is -0.589. The van der Waals surface area contributed by atoms with Gasteiger partial charge in [-0.15, -0.1) is 0 Å². The number of hydrogen-bond acceptors (Lipinski definition) is 16. The van der Waals surface area contributed by atoms with Gasteiger partial charge >= 0.3 is 11.9 Å². The lowest BCUT2D eigenvalue weighted by Gasteiger charge is -2.71. The van der Waals surface area contributed by atoms with Gasteiger partial charge in [0.1, 0.15) is 48.8 Å². The monoisotopic (exact) mass is 925 g/mol. The minimum absolute atomic E-state index is 0.00129. The molecule has 0 aromatic carbocycles. The summed E-state index contributed by atoms with van der Waals surface area (Å²) in [6.07, 6.45) is -9.39. The van der Waals surface area contributed by atoms with Gasteiger partial charge in [0.25, 0.3) is 0 Å². The molecule has 3 aliphatic heterocycles. The molecule has 0 aromatic heterocycles. The second-order valence-electron chi connectivity index (χ2n) is 23.0. The first kappa shape index (κ1) is 49.6. The largest absolute Gasteiger partial charge is 0.481 e. The van der Waals surface area contributed by atoms with Crippen molar-refractivity contribution in [2.75, 3.05) is 19.8 Å². The van der Waals surface area contributed by atoms with Crippen LogP contribution in [0.5, 0.6) is 0 Å². The van der Waals surface area contributed by atoms with E-state index < -0.39 is 115 Å². The molecule has 8 rings (SSSR count). The summed E-state index contributed by atoms with van der Waals surface area (Å²) in [6, 6.07) is 0. The van der Waals surface area contributed by atoms with Gasteiger partial charge in [0.15, 0.2) is 25.0 Å². The van der Waals surface area contributed by atoms with Crippen LogP contribution < -0.4 is 0 Å². The van der Waals surface area contributed by atoms with Crippen molar-refractivity contribution in [2.24, 2.45) is 50.2 Å². The highest BCUT2D eigenvalue weighted by Gasteiger charge is 2.70. The topological polar surface area (TPSA) is 261 Å². The zero-order valence-electron chi connectivity index (χ0n) is 39.3. The first-order valence-corrected chi connectivity index (χ1v) is 24.0. The smallest absolute Gasteiger partial charge is 0.310 e. The minimum atomic E-state index is -1.77. The predicted octanol–water partition coefficient (Wildman–Crippen LogP) is 2.56. The first-order valence-electron chi connectivity index (χ1n) is 24.0. The number of allylic oxidation sites excluding steroid dienone is 2. The van der Waals surface area contributed by atoms with Crippen LogP contribution in [-0.2, 0) is 42.7 Å². The summed E-state index contributed by atoms with van der Waals surface area (Å²) >= 11 is 0. The Morgan fingerprint density at radius 2 is 1.34 bits per heavy atom. The Hall–Kier alpha value is -1.84. The number of carbonyl (C=O) groups is 2. The third kappa shape index (κ3) is 7.96. The molecule has 0 aromatic rings. The van der Waals surface area contributed by atoms with Crippen molar-refractivity contribution in [3.8, 4) is 0 Å². The van der Waals surface area contributed by atoms with E-state index in [-0.39, 0.29) is 52.6 Å². The number of aliphatic hydroxyl groups excluding tert-OH is 7. The molecular weight excluding hydrogens is 849 g/mol. The average molecular weight is 925 g/mol. The Morgan fingerprint density at radius 1 is 0.723 bits per heavy atom. The number of carboxylic acid groups (broad SMARTS) is 1. The third-order valence-electron chi connectivity index (χ3n) is 19.0. The van der Waals surface area contributed by atoms with Gasteiger partial charge < -0.3 is 74.0 Å². The lowest BCUT2D eigenvalue weighted by molar-refractivity contribution is -0.379. The van der Waals surface area contributed by atoms with Gasteiger partial charge in [-0.2, -0.15) is 0 Å². The fourth-order valence-corrected chi connectivity index (χ4v) is 14.8. The molecule has 7 fully saturated rings. The number of aliphatic carboxylic acids is 1. The van der Waals surface area contributed by atoms with Gasteiger partial charge in [0.05, 0.1) is 37.4 Å². The number of aliphatic hydroxyl groups is 7. The number of rotatable bonds is 9. The molecule has 0 bridgehead atoms. The quantitative estimate of drug-likeness (QED) is 0.0939. The number of hydrogen-bond donors (Lipinski definition) is 8. The lowest BCUT2D eigenvalue weighted by Crippen LogP contribution is -2.67. The van der Waals surface area contributed by atoms with Crippen LogP contribution in [0.2, 0.25) is 0 Å². The highest BCUT2D eigenvalue weighted by atomic mass is 16.8. The van der Waals surface area contributed by atoms with Crippen molar-refractivity contribution in [3.63, 3.8) is 0 Å². The van der Waals surface area contributed by atoms with E-state index in [0.717, 1.165) is 51.9 Å². The molecule has 17 nitrogen and oxygen atoms in total. The van der Waals surface area contributed by atoms with Crippen molar-refractivity contribution in [3.05, 3.63) is 11.6 Å². The maximum atomic E-state index is 13.1. The van der Waals surface area contributed by atoms with E-state index in [1.54, 1.807) is 0 Å². The summed E-state index contributed by atoms with van der Waals surface area (Å²) in [7, 11) is 0. The number of carbonyl (C=O) groups excluding carboxylic acids is 1. The Bertz CT molecular complexity index is 1810. The van der Waals surface area contributed by atoms with Crippen LogP contribution in [0.1, 0.15) is 120 Å². The van der Waals surface area contributed by atoms with E-state index >= 15 is 0 Å². The van der Waals surface area contributed by atoms with Gasteiger partial charge in [-0.3, -0.25) is 9.59 Å². The Morgan fingerprint density at radius 3 is 1.97 bits per heavy atom. The van der Waals surface area contributed by atoms with Gasteiger partial charge in [-0.05, 0) is 111 Å². The summed E-state index contributed by atoms with van der Waals surface area (Å²) in [5.74, 6) is -1.17. The highest BCUT2D eigenvalue weighted by Crippen LogP contribution is 2.76. The maximum Gasteiger partial charge on any atom is 0.310 e. The fourth-order valence-electron chi connectivity index (χ4n) is 14.8. The van der Waals surface area contributed by atoms with E-state index in [1.165, 1.54) is 12.5 Å². The lowest BCUT2D eigenvalue weighted by atomic mass is 9.33. The van der Waals surface area contributed by atoms with Crippen LogP contribution in [0.4, 0.5) is 0 Å². The Labute approximate surface area is 382 Å². The van der Waals surface area contributed by atoms with Crippen LogP contribution in [0.15, 0.2) is 11.6 Å². The zero-order valence-corrected chi connectivity index (χ0v) is 39.3. The summed E-state index contributed by atoms with van der Waals surface area (Å²) in [5, 5.41) is 88.1. The summed E-state index contributed by atoms with van der Waals surface area (Å²) in [6.45, 7) is 15.6. The normalized spacial score (nSPS) is 53.0. The molecule has 17 heteroatoms. The van der Waals surface area contributed by atoms with Crippen LogP contribution >= 0.6 is 0 Å². The van der Waals surface area contributed by atoms with Gasteiger partial charge in [-0.1, -0.05) is 53.2 Å². The first-order chi connectivity index (χ1) is 30.4. The van der Waals surface area contributed by atoms with Crippen LogP contribution in [0.25, 0.3) is 0 Å². The number of carboxylic acids is 1. The van der Waals surface area contributed by atoms with Crippen LogP contribution in [0.3, 0.4) is 0 Å². The Kier molecular flexibility index (Phi) is 13.4. The van der Waals surface area contributed by atoms with E-state index in [0.29, 0.717) is 19.3 Å². The second-order valence-corrected chi connectivity index (χ2v) is 23.0. The summed E-state index contributed by atoms with van der Waals surface area (Å²) in [4.78, 5) is 25.0. The molecule has 65 heavy (non-hydrogen) atoms. The van der Waals surface area contributed by atoms with E-state index in [1.807, 2.05) is 0 Å². The fraction of sp³-hybridized carbons (Fsp3) is 0.917. The molecule has 0 spiro atoms. The molecule has 3 heterocycles. The molecule has 0 amide bonds. The summed E-state index contributed by atoms with van der Waals surface area (Å²) < 4.78 is 41.7. The Balaban J connectivity index is 1.01. The third-order valence-corrected chi connectivity index (χ3v) is 19.0. The second kappa shape index (κ2) is 17.5.